The number of ether oxygens (including phenoxy) is 1. The molecule has 0 bridgehead atoms. The summed E-state index contributed by atoms with van der Waals surface area (Å²) in [5, 5.41) is 3.78. The Balaban J connectivity index is 1.63. The van der Waals surface area contributed by atoms with Crippen LogP contribution in [0.3, 0.4) is 0 Å². The Labute approximate surface area is 203 Å². The molecule has 2 aromatic heterocycles. The molecule has 36 heavy (non-hydrogen) atoms. The van der Waals surface area contributed by atoms with Crippen LogP contribution in [0.5, 0.6) is 5.75 Å². The van der Waals surface area contributed by atoms with Gasteiger partial charge in [0.2, 0.25) is 0 Å². The summed E-state index contributed by atoms with van der Waals surface area (Å²) in [7, 11) is 0. The van der Waals surface area contributed by atoms with Gasteiger partial charge in [-0.05, 0) is 43.7 Å². The lowest BCUT2D eigenvalue weighted by Gasteiger charge is -2.19. The highest BCUT2D eigenvalue weighted by Gasteiger charge is 2.36. The largest absolute Gasteiger partial charge is 0.485 e. The quantitative estimate of drug-likeness (QED) is 0.271. The van der Waals surface area contributed by atoms with E-state index in [1.54, 1.807) is 13.8 Å². The summed E-state index contributed by atoms with van der Waals surface area (Å²) in [6.45, 7) is 3.47. The lowest BCUT2D eigenvalue weighted by atomic mass is 10.1. The van der Waals surface area contributed by atoms with Crippen LogP contribution in [0.1, 0.15) is 41.1 Å². The maximum Gasteiger partial charge on any atom is 0.439 e. The zero-order chi connectivity index (χ0) is 26.3. The van der Waals surface area contributed by atoms with Crippen molar-refractivity contribution in [3.05, 3.63) is 74.7 Å². The van der Waals surface area contributed by atoms with Crippen LogP contribution in [-0.2, 0) is 12.4 Å². The van der Waals surface area contributed by atoms with E-state index in [-0.39, 0.29) is 17.1 Å². The molecule has 4 aromatic rings. The van der Waals surface area contributed by atoms with Gasteiger partial charge in [-0.1, -0.05) is 24.2 Å². The summed E-state index contributed by atoms with van der Waals surface area (Å²) in [5.74, 6) is -1.44. The number of hydrogen-bond donors (Lipinski definition) is 1. The molecule has 13 heteroatoms. The molecule has 0 aliphatic carbocycles. The summed E-state index contributed by atoms with van der Waals surface area (Å²) in [6.07, 6.45) is -9.51. The van der Waals surface area contributed by atoms with Crippen LogP contribution >= 0.6 is 11.3 Å². The average Bonchev–Trinajstić information content (AvgIpc) is 3.42. The van der Waals surface area contributed by atoms with Crippen molar-refractivity contribution in [2.45, 2.75) is 38.7 Å². The maximum atomic E-state index is 13.7. The lowest BCUT2D eigenvalue weighted by Crippen LogP contribution is -2.11. The van der Waals surface area contributed by atoms with Crippen LogP contribution in [0.15, 0.2) is 51.8 Å². The Kier molecular flexibility index (Phi) is 6.69. The van der Waals surface area contributed by atoms with Crippen molar-refractivity contribution in [3.8, 4) is 27.7 Å². The maximum absolute atomic E-state index is 13.7. The molecule has 0 amide bonds. The predicted octanol–water partition coefficient (Wildman–Crippen LogP) is 7.03. The molecular weight excluding hydrogens is 512 g/mol. The molecule has 2 heterocycles. The smallest absolute Gasteiger partial charge is 0.439 e. The first-order valence-corrected chi connectivity index (χ1v) is 11.3. The molecule has 1 atom stereocenters. The Morgan fingerprint density at radius 2 is 1.75 bits per heavy atom. The zero-order valence-corrected chi connectivity index (χ0v) is 19.4. The minimum Gasteiger partial charge on any atom is -0.485 e. The number of halogens is 6. The molecule has 4 rings (SSSR count). The van der Waals surface area contributed by atoms with Gasteiger partial charge >= 0.3 is 18.1 Å². The fourth-order valence-electron chi connectivity index (χ4n) is 3.50. The van der Waals surface area contributed by atoms with Crippen molar-refractivity contribution in [1.82, 2.24) is 15.1 Å². The number of aromatic amines is 1. The lowest BCUT2D eigenvalue weighted by molar-refractivity contribution is -0.138. The number of nitrogens with one attached hydrogen (secondary N) is 1. The van der Waals surface area contributed by atoms with E-state index in [2.05, 4.69) is 19.6 Å². The van der Waals surface area contributed by atoms with Gasteiger partial charge in [-0.2, -0.15) is 26.3 Å². The highest BCUT2D eigenvalue weighted by atomic mass is 32.1. The van der Waals surface area contributed by atoms with E-state index < -0.39 is 35.3 Å². The zero-order valence-electron chi connectivity index (χ0n) is 18.6. The standard InChI is InChI=1S/C23H17F6N3O3S/c1-3-17(18-11(2)30-20(36-18)12-4-6-13(7-5-12)22(24,25)26)34-14-8-9-15(16(10-14)23(27,28)29)19-31-21(33)35-32-19/h4-10,17H,3H2,1-2H3,(H,31,32,33). The summed E-state index contributed by atoms with van der Waals surface area (Å²) in [5.41, 5.74) is -1.22. The molecule has 1 unspecified atom stereocenters. The molecule has 0 radical (unpaired) electrons. The van der Waals surface area contributed by atoms with Crippen molar-refractivity contribution < 1.29 is 35.6 Å². The van der Waals surface area contributed by atoms with Crippen molar-refractivity contribution in [1.29, 1.82) is 0 Å². The minimum absolute atomic E-state index is 0.0763. The highest BCUT2D eigenvalue weighted by Crippen LogP contribution is 2.41. The molecule has 1 N–H and O–H groups in total. The average molecular weight is 529 g/mol. The van der Waals surface area contributed by atoms with Gasteiger partial charge in [0.15, 0.2) is 5.82 Å². The van der Waals surface area contributed by atoms with Crippen LogP contribution in [0, 0.1) is 6.92 Å². The number of rotatable bonds is 6. The molecule has 0 saturated carbocycles. The number of H-pyrrole nitrogens is 1. The number of alkyl halides is 6. The van der Waals surface area contributed by atoms with E-state index in [0.29, 0.717) is 27.6 Å². The summed E-state index contributed by atoms with van der Waals surface area (Å²) >= 11 is 1.19. The van der Waals surface area contributed by atoms with E-state index in [9.17, 15) is 31.1 Å². The third-order valence-electron chi connectivity index (χ3n) is 5.23. The topological polar surface area (TPSA) is 81.0 Å². The van der Waals surface area contributed by atoms with Gasteiger partial charge < -0.3 is 4.74 Å². The normalized spacial score (nSPS) is 13.1. The van der Waals surface area contributed by atoms with Gasteiger partial charge in [0.25, 0.3) is 0 Å². The van der Waals surface area contributed by atoms with E-state index in [1.165, 1.54) is 29.5 Å². The summed E-state index contributed by atoms with van der Waals surface area (Å²) in [4.78, 5) is 18.3. The molecular formula is C23H17F6N3O3S. The van der Waals surface area contributed by atoms with Crippen molar-refractivity contribution in [3.63, 3.8) is 0 Å². The van der Waals surface area contributed by atoms with Crippen molar-refractivity contribution in [2.75, 3.05) is 0 Å². The van der Waals surface area contributed by atoms with Crippen LogP contribution < -0.4 is 10.5 Å². The Morgan fingerprint density at radius 3 is 2.31 bits per heavy atom. The number of benzene rings is 2. The van der Waals surface area contributed by atoms with Gasteiger partial charge in [0.1, 0.15) is 16.9 Å². The number of aryl methyl sites for hydroxylation is 1. The number of hydrogen-bond acceptors (Lipinski definition) is 6. The predicted molar refractivity (Wildman–Crippen MR) is 119 cm³/mol. The molecule has 0 spiro atoms. The Hall–Kier alpha value is -3.61. The summed E-state index contributed by atoms with van der Waals surface area (Å²) < 4.78 is 89.9. The van der Waals surface area contributed by atoms with Crippen molar-refractivity contribution in [2.24, 2.45) is 0 Å². The van der Waals surface area contributed by atoms with Crippen LogP contribution in [0.25, 0.3) is 22.0 Å². The first-order chi connectivity index (χ1) is 16.9. The third kappa shape index (κ3) is 5.30. The van der Waals surface area contributed by atoms with Crippen LogP contribution in [0.4, 0.5) is 26.3 Å². The van der Waals surface area contributed by atoms with E-state index in [4.69, 9.17) is 4.74 Å². The second-order valence-corrected chi connectivity index (χ2v) is 8.74. The molecule has 0 fully saturated rings. The molecule has 6 nitrogen and oxygen atoms in total. The number of nitrogens with zero attached hydrogens (tertiary/aromatic N) is 2. The van der Waals surface area contributed by atoms with E-state index in [1.807, 2.05) is 0 Å². The van der Waals surface area contributed by atoms with Gasteiger partial charge in [-0.25, -0.2) is 9.78 Å². The first-order valence-electron chi connectivity index (χ1n) is 10.5. The SMILES string of the molecule is CCC(Oc1ccc(-c2noc(=O)[nH]2)c(C(F)(F)F)c1)c1sc(-c2ccc(C(F)(F)F)cc2)nc1C. The fraction of sp³-hybridized carbons (Fsp3) is 0.261. The highest BCUT2D eigenvalue weighted by molar-refractivity contribution is 7.15. The second kappa shape index (κ2) is 9.45. The van der Waals surface area contributed by atoms with Gasteiger partial charge in [0, 0.05) is 11.1 Å². The molecule has 0 saturated heterocycles. The Morgan fingerprint density at radius 1 is 1.06 bits per heavy atom. The summed E-state index contributed by atoms with van der Waals surface area (Å²) in [6, 6.07) is 7.78. The van der Waals surface area contributed by atoms with Crippen LogP contribution in [-0.4, -0.2) is 15.1 Å². The molecule has 0 aliphatic heterocycles. The van der Waals surface area contributed by atoms with Gasteiger partial charge in [0.05, 0.1) is 21.7 Å². The number of aromatic nitrogens is 3. The second-order valence-electron chi connectivity index (χ2n) is 7.71. The van der Waals surface area contributed by atoms with E-state index >= 15 is 0 Å². The van der Waals surface area contributed by atoms with Gasteiger partial charge in [-0.3, -0.25) is 9.51 Å². The minimum atomic E-state index is -4.78. The molecule has 2 aromatic carbocycles. The first kappa shape index (κ1) is 25.5. The number of thiazole rings is 1. The molecule has 190 valence electrons. The van der Waals surface area contributed by atoms with Crippen LogP contribution in [0.2, 0.25) is 0 Å². The van der Waals surface area contributed by atoms with E-state index in [0.717, 1.165) is 24.3 Å². The monoisotopic (exact) mass is 529 g/mol. The fourth-order valence-corrected chi connectivity index (χ4v) is 4.69. The van der Waals surface area contributed by atoms with Crippen molar-refractivity contribution >= 4 is 11.3 Å². The third-order valence-corrected chi connectivity index (χ3v) is 6.52. The van der Waals surface area contributed by atoms with Gasteiger partial charge in [-0.15, -0.1) is 11.3 Å². The Bertz CT molecular complexity index is 1420. The molecule has 0 aliphatic rings.